The average molecular weight is 780 g/mol. The van der Waals surface area contributed by atoms with Crippen LogP contribution in [0, 0.1) is 0 Å². The maximum atomic E-state index is 12.8. The summed E-state index contributed by atoms with van der Waals surface area (Å²) >= 11 is 0. The lowest BCUT2D eigenvalue weighted by Gasteiger charge is -2.25. The number of phosphoric ester groups is 1. The van der Waals surface area contributed by atoms with Gasteiger partial charge in [-0.15, -0.1) is 0 Å². The van der Waals surface area contributed by atoms with Crippen LogP contribution in [0.1, 0.15) is 168 Å². The maximum absolute atomic E-state index is 12.8. The number of phosphoric acid groups is 1. The molecule has 9 heteroatoms. The number of hydrogen-bond donors (Lipinski definition) is 3. The topological polar surface area (TPSA) is 105 Å². The van der Waals surface area contributed by atoms with Crippen molar-refractivity contribution in [3.05, 3.63) is 60.8 Å². The zero-order chi connectivity index (χ0) is 40.0. The quantitative estimate of drug-likeness (QED) is 0.0249. The van der Waals surface area contributed by atoms with E-state index in [0.29, 0.717) is 17.4 Å². The Balaban J connectivity index is 4.17. The standard InChI is InChI=1S/C45H83N2O6P/c1-6-8-10-12-14-15-16-17-18-19-20-21-22-23-24-25-26-27-28-29-30-31-33-35-37-39-45(49)46-43(44(48)38-36-34-32-13-11-9-7-2)42-53-54(50,51)52-41-40-47(3,4)5/h11,13,16-17,19-20,22-23,36,38,43-44,48H,6-10,12,14-15,18,21,24-35,37,39-42H2,1-5H3,(H-,46,49,50,51)/p+1/b13-11+,17-16-,20-19-,23-22-,38-36+. The van der Waals surface area contributed by atoms with Gasteiger partial charge in [0.1, 0.15) is 13.2 Å². The number of likely N-dealkylation sites (N-methyl/N-ethyl adjacent to an activating group) is 1. The van der Waals surface area contributed by atoms with Gasteiger partial charge in [-0.3, -0.25) is 13.8 Å². The van der Waals surface area contributed by atoms with Gasteiger partial charge < -0.3 is 19.8 Å². The third-order valence-corrected chi connectivity index (χ3v) is 10.2. The third-order valence-electron chi connectivity index (χ3n) is 9.19. The molecular weight excluding hydrogens is 695 g/mol. The molecule has 0 saturated heterocycles. The first kappa shape index (κ1) is 52.2. The minimum absolute atomic E-state index is 0.0523. The molecule has 0 aromatic heterocycles. The molecule has 3 unspecified atom stereocenters. The van der Waals surface area contributed by atoms with Crippen LogP contribution in [0.25, 0.3) is 0 Å². The van der Waals surface area contributed by atoms with Crippen LogP contribution in [0.5, 0.6) is 0 Å². The van der Waals surface area contributed by atoms with Crippen molar-refractivity contribution >= 4 is 13.7 Å². The van der Waals surface area contributed by atoms with E-state index in [2.05, 4.69) is 67.8 Å². The summed E-state index contributed by atoms with van der Waals surface area (Å²) in [6, 6.07) is -0.864. The van der Waals surface area contributed by atoms with E-state index < -0.39 is 20.0 Å². The summed E-state index contributed by atoms with van der Waals surface area (Å²) in [7, 11) is 1.54. The normalized spacial score (nSPS) is 15.0. The number of rotatable bonds is 38. The van der Waals surface area contributed by atoms with Crippen LogP contribution in [0.3, 0.4) is 0 Å². The van der Waals surface area contributed by atoms with E-state index in [4.69, 9.17) is 9.05 Å². The lowest BCUT2D eigenvalue weighted by Crippen LogP contribution is -2.45. The highest BCUT2D eigenvalue weighted by atomic mass is 31.2. The molecule has 0 rings (SSSR count). The van der Waals surface area contributed by atoms with Crippen molar-refractivity contribution in [2.45, 2.75) is 180 Å². The maximum Gasteiger partial charge on any atom is 0.472 e. The molecule has 314 valence electrons. The van der Waals surface area contributed by atoms with Crippen LogP contribution in [0.15, 0.2) is 60.8 Å². The summed E-state index contributed by atoms with van der Waals surface area (Å²) < 4.78 is 23.4. The fourth-order valence-electron chi connectivity index (χ4n) is 5.72. The highest BCUT2D eigenvalue weighted by molar-refractivity contribution is 7.47. The first-order valence-corrected chi connectivity index (χ1v) is 23.2. The monoisotopic (exact) mass is 780 g/mol. The fourth-order valence-corrected chi connectivity index (χ4v) is 6.45. The second-order valence-electron chi connectivity index (χ2n) is 15.7. The zero-order valence-electron chi connectivity index (χ0n) is 35.4. The van der Waals surface area contributed by atoms with Crippen molar-refractivity contribution in [1.29, 1.82) is 0 Å². The first-order valence-electron chi connectivity index (χ1n) is 21.7. The van der Waals surface area contributed by atoms with Crippen LogP contribution in [-0.2, 0) is 18.4 Å². The Morgan fingerprint density at radius 1 is 0.630 bits per heavy atom. The molecule has 0 saturated carbocycles. The van der Waals surface area contributed by atoms with Gasteiger partial charge >= 0.3 is 7.82 Å². The van der Waals surface area contributed by atoms with Crippen molar-refractivity contribution < 1.29 is 32.9 Å². The molecule has 0 aromatic rings. The Morgan fingerprint density at radius 2 is 1.11 bits per heavy atom. The Labute approximate surface area is 332 Å². The largest absolute Gasteiger partial charge is 0.472 e. The number of carbonyl (C=O) groups is 1. The van der Waals surface area contributed by atoms with Gasteiger partial charge in [0.15, 0.2) is 0 Å². The predicted molar refractivity (Wildman–Crippen MR) is 230 cm³/mol. The number of aliphatic hydroxyl groups excluding tert-OH is 1. The molecule has 54 heavy (non-hydrogen) atoms. The Bertz CT molecular complexity index is 1060. The molecule has 0 aliphatic heterocycles. The molecule has 3 atom stereocenters. The molecule has 0 aliphatic rings. The fraction of sp³-hybridized carbons (Fsp3) is 0.756. The molecule has 0 fully saturated rings. The van der Waals surface area contributed by atoms with Crippen molar-refractivity contribution in [3.63, 3.8) is 0 Å². The lowest BCUT2D eigenvalue weighted by molar-refractivity contribution is -0.870. The lowest BCUT2D eigenvalue weighted by atomic mass is 10.0. The summed E-state index contributed by atoms with van der Waals surface area (Å²) in [5.74, 6) is -0.199. The van der Waals surface area contributed by atoms with Gasteiger partial charge in [-0.05, 0) is 64.2 Å². The van der Waals surface area contributed by atoms with Gasteiger partial charge in [0.25, 0.3) is 0 Å². The van der Waals surface area contributed by atoms with Gasteiger partial charge in [-0.25, -0.2) is 4.57 Å². The van der Waals surface area contributed by atoms with Gasteiger partial charge in [0, 0.05) is 6.42 Å². The molecule has 0 aromatic carbocycles. The molecule has 0 radical (unpaired) electrons. The third kappa shape index (κ3) is 38.5. The van der Waals surface area contributed by atoms with E-state index in [9.17, 15) is 19.4 Å². The minimum atomic E-state index is -4.34. The van der Waals surface area contributed by atoms with E-state index in [1.54, 1.807) is 6.08 Å². The molecule has 1 amide bonds. The molecule has 8 nitrogen and oxygen atoms in total. The minimum Gasteiger partial charge on any atom is -0.387 e. The number of quaternary nitrogens is 1. The number of unbranched alkanes of at least 4 members (excludes halogenated alkanes) is 17. The average Bonchev–Trinajstić information content (AvgIpc) is 3.12. The van der Waals surface area contributed by atoms with E-state index in [-0.39, 0.29) is 19.1 Å². The summed E-state index contributed by atoms with van der Waals surface area (Å²) in [6.07, 6.45) is 47.5. The summed E-state index contributed by atoms with van der Waals surface area (Å²) in [6.45, 7) is 4.65. The summed E-state index contributed by atoms with van der Waals surface area (Å²) in [4.78, 5) is 23.0. The SMILES string of the molecule is CCC/C=C/CC/C=C/C(O)C(COP(=O)(O)OCC[N+](C)(C)C)NC(=O)CCCCCCCCCCCC/C=C\C/C=C\C/C=C\CCCCCCC. The Morgan fingerprint density at radius 3 is 1.67 bits per heavy atom. The number of amides is 1. The molecule has 3 N–H and O–H groups in total. The van der Waals surface area contributed by atoms with Crippen LogP contribution in [0.2, 0.25) is 0 Å². The number of hydrogen-bond acceptors (Lipinski definition) is 5. The van der Waals surface area contributed by atoms with Gasteiger partial charge in [0.05, 0.1) is 39.9 Å². The van der Waals surface area contributed by atoms with Gasteiger partial charge in [-0.2, -0.15) is 0 Å². The molecule has 0 bridgehead atoms. The second kappa shape index (κ2) is 36.8. The summed E-state index contributed by atoms with van der Waals surface area (Å²) in [5.41, 5.74) is 0. The van der Waals surface area contributed by atoms with Gasteiger partial charge in [0.2, 0.25) is 5.91 Å². The highest BCUT2D eigenvalue weighted by Gasteiger charge is 2.27. The zero-order valence-corrected chi connectivity index (χ0v) is 36.3. The van der Waals surface area contributed by atoms with Crippen LogP contribution < -0.4 is 5.32 Å². The predicted octanol–water partition coefficient (Wildman–Crippen LogP) is 11.9. The molecule has 0 spiro atoms. The van der Waals surface area contributed by atoms with E-state index in [0.717, 1.165) is 57.8 Å². The van der Waals surface area contributed by atoms with Gasteiger partial charge in [-0.1, -0.05) is 158 Å². The van der Waals surface area contributed by atoms with Crippen LogP contribution >= 0.6 is 7.82 Å². The van der Waals surface area contributed by atoms with Crippen molar-refractivity contribution in [1.82, 2.24) is 5.32 Å². The number of aliphatic hydroxyl groups is 1. The Hall–Kier alpha value is -1.80. The molecular formula is C45H84N2O6P+. The molecule has 0 aliphatic carbocycles. The van der Waals surface area contributed by atoms with Crippen LogP contribution in [-0.4, -0.2) is 73.4 Å². The van der Waals surface area contributed by atoms with E-state index in [1.165, 1.54) is 89.9 Å². The Kier molecular flexibility index (Phi) is 35.6. The number of carbonyl (C=O) groups excluding carboxylic acids is 1. The highest BCUT2D eigenvalue weighted by Crippen LogP contribution is 2.43. The first-order chi connectivity index (χ1) is 26.0. The number of nitrogens with zero attached hydrogens (tertiary/aromatic N) is 1. The van der Waals surface area contributed by atoms with Crippen molar-refractivity contribution in [3.8, 4) is 0 Å². The number of allylic oxidation sites excluding steroid dienone is 9. The van der Waals surface area contributed by atoms with Crippen molar-refractivity contribution in [2.24, 2.45) is 0 Å². The second-order valence-corrected chi connectivity index (χ2v) is 17.2. The smallest absolute Gasteiger partial charge is 0.387 e. The number of nitrogens with one attached hydrogen (secondary N) is 1. The van der Waals surface area contributed by atoms with E-state index >= 15 is 0 Å². The van der Waals surface area contributed by atoms with Crippen molar-refractivity contribution in [2.75, 3.05) is 40.9 Å². The van der Waals surface area contributed by atoms with E-state index in [1.807, 2.05) is 27.2 Å². The molecule has 0 heterocycles. The summed E-state index contributed by atoms with van der Waals surface area (Å²) in [5, 5.41) is 13.7. The van der Waals surface area contributed by atoms with Crippen LogP contribution in [0.4, 0.5) is 0 Å².